The Balaban J connectivity index is 0.000000200. The van der Waals surface area contributed by atoms with Crippen molar-refractivity contribution in [3.05, 3.63) is 0 Å². The van der Waals surface area contributed by atoms with Crippen LogP contribution in [0.1, 0.15) is 25.7 Å². The van der Waals surface area contributed by atoms with Gasteiger partial charge in [0.05, 0.1) is 11.8 Å². The molecule has 0 spiro atoms. The summed E-state index contributed by atoms with van der Waals surface area (Å²) in [5, 5.41) is 17.2. The molecule has 0 bridgehead atoms. The number of carbonyl (C=O) groups is 2. The second kappa shape index (κ2) is 7.56. The lowest BCUT2D eigenvalue weighted by atomic mass is 9.85. The Morgan fingerprint density at radius 3 is 1.80 bits per heavy atom. The Kier molecular flexibility index (Phi) is 6.38. The molecule has 4 unspecified atom stereocenters. The van der Waals surface area contributed by atoms with Crippen molar-refractivity contribution in [3.63, 3.8) is 0 Å². The van der Waals surface area contributed by atoms with Crippen LogP contribution in [0, 0.1) is 11.8 Å². The van der Waals surface area contributed by atoms with Gasteiger partial charge in [-0.2, -0.15) is 0 Å². The zero-order valence-corrected chi connectivity index (χ0v) is 11.9. The van der Waals surface area contributed by atoms with Crippen molar-refractivity contribution in [2.24, 2.45) is 23.3 Å². The first-order valence-corrected chi connectivity index (χ1v) is 6.98. The molecule has 1 saturated heterocycles. The predicted octanol–water partition coefficient (Wildman–Crippen LogP) is -0.452. The van der Waals surface area contributed by atoms with Crippen LogP contribution in [0.2, 0.25) is 0 Å². The first-order chi connectivity index (χ1) is 9.32. The summed E-state index contributed by atoms with van der Waals surface area (Å²) < 4.78 is 0. The topological polar surface area (TPSA) is 130 Å². The van der Waals surface area contributed by atoms with E-state index in [1.54, 1.807) is 0 Å². The minimum atomic E-state index is -0.781. The number of nitrogens with two attached hydrogens (primary N) is 2. The average molecular weight is 287 g/mol. The van der Waals surface area contributed by atoms with Gasteiger partial charge in [0, 0.05) is 25.2 Å². The monoisotopic (exact) mass is 287 g/mol. The van der Waals surface area contributed by atoms with E-state index in [-0.39, 0.29) is 23.9 Å². The molecule has 1 heterocycles. The van der Waals surface area contributed by atoms with E-state index in [0.29, 0.717) is 13.1 Å². The third-order valence-electron chi connectivity index (χ3n) is 4.00. The number of hydrogen-bond acceptors (Lipinski definition) is 5. The highest BCUT2D eigenvalue weighted by molar-refractivity contribution is 5.71. The molecule has 6 N–H and O–H groups in total. The van der Waals surface area contributed by atoms with Crippen molar-refractivity contribution in [3.8, 4) is 0 Å². The first-order valence-electron chi connectivity index (χ1n) is 6.98. The lowest BCUT2D eigenvalue weighted by molar-refractivity contribution is -0.143. The quantitative estimate of drug-likeness (QED) is 0.541. The minimum Gasteiger partial charge on any atom is -0.481 e. The molecule has 0 aromatic rings. The molecule has 1 aliphatic heterocycles. The molecular weight excluding hydrogens is 262 g/mol. The number of hydrogen-bond donors (Lipinski definition) is 4. The van der Waals surface area contributed by atoms with Gasteiger partial charge in [-0.1, -0.05) is 12.8 Å². The van der Waals surface area contributed by atoms with Gasteiger partial charge in [0.2, 0.25) is 0 Å². The van der Waals surface area contributed by atoms with Crippen molar-refractivity contribution >= 4 is 11.9 Å². The van der Waals surface area contributed by atoms with Gasteiger partial charge in [-0.3, -0.25) is 9.59 Å². The van der Waals surface area contributed by atoms with Crippen LogP contribution < -0.4 is 11.5 Å². The fourth-order valence-electron chi connectivity index (χ4n) is 2.76. The molecule has 2 aliphatic rings. The maximum absolute atomic E-state index is 10.5. The number of carboxylic acids is 2. The summed E-state index contributed by atoms with van der Waals surface area (Å²) in [6.07, 6.45) is 3.74. The summed E-state index contributed by atoms with van der Waals surface area (Å²) in [6, 6.07) is -0.297. The lowest BCUT2D eigenvalue weighted by Crippen LogP contribution is -2.37. The van der Waals surface area contributed by atoms with Crippen molar-refractivity contribution in [1.29, 1.82) is 0 Å². The Labute approximate surface area is 118 Å². The van der Waals surface area contributed by atoms with Crippen LogP contribution in [-0.4, -0.2) is 59.3 Å². The van der Waals surface area contributed by atoms with E-state index in [1.165, 1.54) is 0 Å². The van der Waals surface area contributed by atoms with Gasteiger partial charge >= 0.3 is 11.9 Å². The van der Waals surface area contributed by atoms with E-state index in [1.807, 2.05) is 11.9 Å². The number of aliphatic carboxylic acids is 2. The van der Waals surface area contributed by atoms with Crippen LogP contribution in [0.3, 0.4) is 0 Å². The molecule has 2 rings (SSSR count). The molecule has 0 radical (unpaired) electrons. The predicted molar refractivity (Wildman–Crippen MR) is 74.2 cm³/mol. The highest BCUT2D eigenvalue weighted by Crippen LogP contribution is 2.22. The van der Waals surface area contributed by atoms with E-state index in [2.05, 4.69) is 0 Å². The van der Waals surface area contributed by atoms with E-state index in [0.717, 1.165) is 25.7 Å². The fraction of sp³-hybridized carbons (Fsp3) is 0.846. The van der Waals surface area contributed by atoms with Gasteiger partial charge in [0.1, 0.15) is 0 Å². The van der Waals surface area contributed by atoms with Crippen molar-refractivity contribution in [2.45, 2.75) is 37.8 Å². The smallest absolute Gasteiger partial charge is 0.309 e. The van der Waals surface area contributed by atoms with Crippen LogP contribution in [0.25, 0.3) is 0 Å². The lowest BCUT2D eigenvalue weighted by Gasteiger charge is -2.24. The van der Waals surface area contributed by atoms with E-state index < -0.39 is 11.9 Å². The zero-order chi connectivity index (χ0) is 15.3. The average Bonchev–Trinajstić information content (AvgIpc) is 2.69. The number of rotatable bonds is 2. The van der Waals surface area contributed by atoms with E-state index in [9.17, 15) is 9.59 Å². The van der Waals surface area contributed by atoms with Crippen LogP contribution in [0.15, 0.2) is 0 Å². The maximum atomic E-state index is 10.5. The molecule has 116 valence electrons. The summed E-state index contributed by atoms with van der Waals surface area (Å²) in [5.74, 6) is -2.16. The molecule has 20 heavy (non-hydrogen) atoms. The summed E-state index contributed by atoms with van der Waals surface area (Å²) in [6.45, 7) is 1.27. The Hall–Kier alpha value is -1.18. The second-order valence-electron chi connectivity index (χ2n) is 5.72. The van der Waals surface area contributed by atoms with Gasteiger partial charge in [0.15, 0.2) is 0 Å². The maximum Gasteiger partial charge on any atom is 0.309 e. The molecule has 0 amide bonds. The van der Waals surface area contributed by atoms with Gasteiger partial charge < -0.3 is 26.6 Å². The van der Waals surface area contributed by atoms with Crippen molar-refractivity contribution in [2.75, 3.05) is 20.1 Å². The summed E-state index contributed by atoms with van der Waals surface area (Å²) in [5.41, 5.74) is 11.1. The highest BCUT2D eigenvalue weighted by Gasteiger charge is 2.33. The molecule has 1 aliphatic carbocycles. The van der Waals surface area contributed by atoms with Gasteiger partial charge in [0.25, 0.3) is 0 Å². The van der Waals surface area contributed by atoms with Gasteiger partial charge in [-0.15, -0.1) is 0 Å². The Morgan fingerprint density at radius 2 is 1.50 bits per heavy atom. The van der Waals surface area contributed by atoms with E-state index in [4.69, 9.17) is 21.7 Å². The largest absolute Gasteiger partial charge is 0.481 e. The first kappa shape index (κ1) is 16.9. The zero-order valence-electron chi connectivity index (χ0n) is 11.9. The second-order valence-corrected chi connectivity index (χ2v) is 5.72. The molecule has 2 fully saturated rings. The molecular formula is C13H25N3O4. The molecule has 4 atom stereocenters. The standard InChI is InChI=1S/C7H13NO2.C6H12N2O2/c8-6-4-2-1-3-5(6)7(9)10;1-8-2-4(6(9)10)5(7)3-8/h5-6H,1-4,8H2,(H,9,10);4-5H,2-3,7H2,1H3,(H,9,10). The third kappa shape index (κ3) is 4.73. The van der Waals surface area contributed by atoms with Crippen LogP contribution in [-0.2, 0) is 9.59 Å². The van der Waals surface area contributed by atoms with Crippen LogP contribution >= 0.6 is 0 Å². The van der Waals surface area contributed by atoms with Crippen molar-refractivity contribution in [1.82, 2.24) is 4.90 Å². The van der Waals surface area contributed by atoms with Crippen molar-refractivity contribution < 1.29 is 19.8 Å². The fourth-order valence-corrected chi connectivity index (χ4v) is 2.76. The minimum absolute atomic E-state index is 0.105. The highest BCUT2D eigenvalue weighted by atomic mass is 16.4. The number of likely N-dealkylation sites (tertiary alicyclic amines) is 1. The molecule has 7 nitrogen and oxygen atoms in total. The molecule has 0 aromatic heterocycles. The summed E-state index contributed by atoms with van der Waals surface area (Å²) in [4.78, 5) is 22.9. The third-order valence-corrected chi connectivity index (χ3v) is 4.00. The summed E-state index contributed by atoms with van der Waals surface area (Å²) >= 11 is 0. The SMILES string of the molecule is CN1CC(N)C(C(=O)O)C1.NC1CCCCC1C(=O)O. The molecule has 0 aromatic carbocycles. The Morgan fingerprint density at radius 1 is 0.950 bits per heavy atom. The number of likely N-dealkylation sites (N-methyl/N-ethyl adjacent to an activating group) is 1. The summed E-state index contributed by atoms with van der Waals surface area (Å²) in [7, 11) is 1.88. The normalized spacial score (nSPS) is 34.1. The van der Waals surface area contributed by atoms with Crippen LogP contribution in [0.5, 0.6) is 0 Å². The van der Waals surface area contributed by atoms with E-state index >= 15 is 0 Å². The van der Waals surface area contributed by atoms with Crippen LogP contribution in [0.4, 0.5) is 0 Å². The molecule has 1 saturated carbocycles. The van der Waals surface area contributed by atoms with Gasteiger partial charge in [-0.05, 0) is 19.9 Å². The number of carboxylic acid groups (broad SMARTS) is 2. The number of nitrogens with zero attached hydrogens (tertiary/aromatic N) is 1. The molecule has 7 heteroatoms. The Bertz CT molecular complexity index is 335. The van der Waals surface area contributed by atoms with Gasteiger partial charge in [-0.25, -0.2) is 0 Å².